The van der Waals surface area contributed by atoms with E-state index in [0.29, 0.717) is 0 Å². The molecule has 154 valence electrons. The second-order valence-electron chi connectivity index (χ2n) is 6.19. The molecule has 0 radical (unpaired) electrons. The van der Waals surface area contributed by atoms with Gasteiger partial charge in [0.15, 0.2) is 12.5 Å². The van der Waals surface area contributed by atoms with E-state index in [1.807, 2.05) is 0 Å². The van der Waals surface area contributed by atoms with Crippen LogP contribution in [0, 0.1) is 0 Å². The maximum atomic E-state index is 10.5. The molecule has 0 aliphatic carbocycles. The molecule has 2 fully saturated rings. The summed E-state index contributed by atoms with van der Waals surface area (Å²) in [6.45, 7) is -1.24. The van der Waals surface area contributed by atoms with E-state index >= 15 is 0 Å². The Bertz CT molecular complexity index is 439. The smallest absolute Gasteiger partial charge is 0.186 e. The number of aliphatic hydroxyl groups is 7. The summed E-state index contributed by atoms with van der Waals surface area (Å²) in [6, 6.07) is -1.23. The zero-order chi connectivity index (χ0) is 19.6. The topological polar surface area (TPSA) is 182 Å². The number of ether oxygens (including phenoxy) is 3. The van der Waals surface area contributed by atoms with Crippen molar-refractivity contribution in [1.29, 1.82) is 0 Å². The SMILES string of the molecule is CO[C@H]1O[C@H](CO)[C@H](N(OC)[C@@H]2O[C@H](CO)[C@H](O)[C@H](O)[C@H]2O)[C@H](O)[C@H]1O. The van der Waals surface area contributed by atoms with Crippen molar-refractivity contribution in [2.45, 2.75) is 61.3 Å². The lowest BCUT2D eigenvalue weighted by Gasteiger charge is -2.50. The lowest BCUT2D eigenvalue weighted by atomic mass is 9.93. The molecule has 0 unspecified atom stereocenters. The van der Waals surface area contributed by atoms with Gasteiger partial charge in [0.1, 0.15) is 42.7 Å². The molecular weight excluding hydrogens is 358 g/mol. The van der Waals surface area contributed by atoms with Crippen LogP contribution in [0.1, 0.15) is 0 Å². The predicted molar refractivity (Wildman–Crippen MR) is 81.2 cm³/mol. The van der Waals surface area contributed by atoms with Gasteiger partial charge in [-0.15, -0.1) is 5.06 Å². The highest BCUT2D eigenvalue weighted by molar-refractivity contribution is 4.98. The quantitative estimate of drug-likeness (QED) is 0.217. The van der Waals surface area contributed by atoms with Crippen LogP contribution in [0.5, 0.6) is 0 Å². The highest BCUT2D eigenvalue weighted by Gasteiger charge is 2.54. The fraction of sp³-hybridized carbons (Fsp3) is 1.00. The zero-order valence-corrected chi connectivity index (χ0v) is 14.4. The zero-order valence-electron chi connectivity index (χ0n) is 14.4. The summed E-state index contributed by atoms with van der Waals surface area (Å²) in [5.74, 6) is 0. The summed E-state index contributed by atoms with van der Waals surface area (Å²) in [5.41, 5.74) is 0. The van der Waals surface area contributed by atoms with Gasteiger partial charge in [-0.2, -0.15) is 0 Å². The van der Waals surface area contributed by atoms with Crippen LogP contribution in [0.25, 0.3) is 0 Å². The van der Waals surface area contributed by atoms with Crippen LogP contribution in [0.15, 0.2) is 0 Å². The van der Waals surface area contributed by atoms with Gasteiger partial charge in [0.05, 0.1) is 26.4 Å². The van der Waals surface area contributed by atoms with Crippen LogP contribution in [0.2, 0.25) is 0 Å². The molecule has 2 heterocycles. The van der Waals surface area contributed by atoms with Crippen LogP contribution < -0.4 is 0 Å². The minimum atomic E-state index is -1.68. The van der Waals surface area contributed by atoms with E-state index in [9.17, 15) is 35.7 Å². The summed E-state index contributed by atoms with van der Waals surface area (Å²) >= 11 is 0. The summed E-state index contributed by atoms with van der Waals surface area (Å²) < 4.78 is 15.7. The first kappa shape index (κ1) is 21.8. The largest absolute Gasteiger partial charge is 0.394 e. The first-order valence-corrected chi connectivity index (χ1v) is 8.10. The molecule has 0 saturated carbocycles. The standard InChI is InChI=1S/C14H27NO11/c1-23-14-12(22)9(19)7(5(3-16)26-14)15(24-2)13-11(21)10(20)8(18)6(4-17)25-13/h5-14,16-22H,3-4H2,1-2H3/t5-,6-,7+,8+,9+,10+,11-,12-,13-,14+/m1/s1. The van der Waals surface area contributed by atoms with E-state index in [1.54, 1.807) is 0 Å². The first-order valence-electron chi connectivity index (χ1n) is 8.10. The number of hydrogen-bond donors (Lipinski definition) is 7. The summed E-state index contributed by atoms with van der Waals surface area (Å²) in [5, 5.41) is 70.5. The van der Waals surface area contributed by atoms with Gasteiger partial charge >= 0.3 is 0 Å². The van der Waals surface area contributed by atoms with Gasteiger partial charge in [-0.25, -0.2) is 0 Å². The normalized spacial score (nSPS) is 47.3. The van der Waals surface area contributed by atoms with Crippen molar-refractivity contribution in [2.75, 3.05) is 27.4 Å². The number of nitrogens with zero attached hydrogens (tertiary/aromatic N) is 1. The van der Waals surface area contributed by atoms with E-state index in [4.69, 9.17) is 19.0 Å². The van der Waals surface area contributed by atoms with Crippen molar-refractivity contribution in [3.05, 3.63) is 0 Å². The molecule has 0 spiro atoms. The van der Waals surface area contributed by atoms with Gasteiger partial charge < -0.3 is 50.0 Å². The summed E-state index contributed by atoms with van der Waals surface area (Å²) in [7, 11) is 2.43. The second-order valence-corrected chi connectivity index (χ2v) is 6.19. The molecule has 2 saturated heterocycles. The number of methoxy groups -OCH3 is 1. The van der Waals surface area contributed by atoms with Gasteiger partial charge in [-0.1, -0.05) is 0 Å². The molecule has 0 aromatic carbocycles. The van der Waals surface area contributed by atoms with E-state index < -0.39 is 74.5 Å². The minimum absolute atomic E-state index is 0.592. The van der Waals surface area contributed by atoms with E-state index in [2.05, 4.69) is 0 Å². The average Bonchev–Trinajstić information content (AvgIpc) is 2.65. The van der Waals surface area contributed by atoms with Gasteiger partial charge in [0, 0.05) is 7.11 Å². The van der Waals surface area contributed by atoms with E-state index in [-0.39, 0.29) is 0 Å². The fourth-order valence-electron chi connectivity index (χ4n) is 3.26. The summed E-state index contributed by atoms with van der Waals surface area (Å²) in [6.07, 6.45) is -12.9. The maximum absolute atomic E-state index is 10.5. The average molecular weight is 385 g/mol. The Morgan fingerprint density at radius 3 is 1.88 bits per heavy atom. The van der Waals surface area contributed by atoms with Crippen molar-refractivity contribution in [3.63, 3.8) is 0 Å². The molecule has 12 nitrogen and oxygen atoms in total. The minimum Gasteiger partial charge on any atom is -0.394 e. The molecule has 0 bridgehead atoms. The Morgan fingerprint density at radius 1 is 0.769 bits per heavy atom. The van der Waals surface area contributed by atoms with Gasteiger partial charge in [-0.05, 0) is 0 Å². The molecular formula is C14H27NO11. The van der Waals surface area contributed by atoms with Crippen molar-refractivity contribution in [1.82, 2.24) is 5.06 Å². The Labute approximate surface area is 149 Å². The summed E-state index contributed by atoms with van der Waals surface area (Å²) in [4.78, 5) is 5.17. The third-order valence-electron chi connectivity index (χ3n) is 4.70. The molecule has 26 heavy (non-hydrogen) atoms. The number of aliphatic hydroxyl groups excluding tert-OH is 7. The van der Waals surface area contributed by atoms with Crippen LogP contribution in [0.3, 0.4) is 0 Å². The molecule has 0 amide bonds. The Hall–Kier alpha value is -0.480. The molecule has 2 aliphatic heterocycles. The number of hydroxylamine groups is 2. The molecule has 7 N–H and O–H groups in total. The molecule has 2 aliphatic rings. The fourth-order valence-corrected chi connectivity index (χ4v) is 3.26. The van der Waals surface area contributed by atoms with Gasteiger partial charge in [0.2, 0.25) is 0 Å². The van der Waals surface area contributed by atoms with Crippen LogP contribution >= 0.6 is 0 Å². The Morgan fingerprint density at radius 2 is 1.38 bits per heavy atom. The van der Waals surface area contributed by atoms with Crippen LogP contribution in [0.4, 0.5) is 0 Å². The molecule has 0 aromatic heterocycles. The monoisotopic (exact) mass is 385 g/mol. The third kappa shape index (κ3) is 3.87. The van der Waals surface area contributed by atoms with E-state index in [0.717, 1.165) is 5.06 Å². The van der Waals surface area contributed by atoms with Crippen LogP contribution in [-0.4, -0.2) is 130 Å². The molecule has 0 aromatic rings. The lowest BCUT2D eigenvalue weighted by Crippen LogP contribution is -2.70. The number of rotatable bonds is 6. The predicted octanol–water partition coefficient (Wildman–Crippen LogP) is -4.90. The van der Waals surface area contributed by atoms with Gasteiger partial charge in [-0.3, -0.25) is 4.84 Å². The maximum Gasteiger partial charge on any atom is 0.186 e. The van der Waals surface area contributed by atoms with E-state index in [1.165, 1.54) is 14.2 Å². The van der Waals surface area contributed by atoms with Crippen molar-refractivity contribution in [3.8, 4) is 0 Å². The lowest BCUT2D eigenvalue weighted by molar-refractivity contribution is -0.377. The first-order chi connectivity index (χ1) is 12.3. The van der Waals surface area contributed by atoms with Crippen LogP contribution in [-0.2, 0) is 19.0 Å². The highest BCUT2D eigenvalue weighted by atomic mass is 16.7. The van der Waals surface area contributed by atoms with Gasteiger partial charge in [0.25, 0.3) is 0 Å². The third-order valence-corrected chi connectivity index (χ3v) is 4.70. The highest BCUT2D eigenvalue weighted by Crippen LogP contribution is 2.31. The number of hydrogen-bond acceptors (Lipinski definition) is 12. The second kappa shape index (κ2) is 9.14. The molecule has 10 atom stereocenters. The molecule has 12 heteroatoms. The van der Waals surface area contributed by atoms with Crippen molar-refractivity contribution >= 4 is 0 Å². The molecule has 2 rings (SSSR count). The van der Waals surface area contributed by atoms with Crippen molar-refractivity contribution < 1.29 is 54.8 Å². The van der Waals surface area contributed by atoms with Crippen molar-refractivity contribution in [2.24, 2.45) is 0 Å². The Kier molecular flexibility index (Phi) is 7.67. The Balaban J connectivity index is 2.30.